The van der Waals surface area contributed by atoms with Crippen LogP contribution < -0.4 is 5.56 Å². The largest absolute Gasteiger partial charge is 0.455 e. The van der Waals surface area contributed by atoms with E-state index >= 15 is 0 Å². The van der Waals surface area contributed by atoms with E-state index in [2.05, 4.69) is 4.98 Å². The van der Waals surface area contributed by atoms with Gasteiger partial charge in [0.2, 0.25) is 0 Å². The number of hydrogen-bond acceptors (Lipinski definition) is 3. The van der Waals surface area contributed by atoms with Gasteiger partial charge in [-0.1, -0.05) is 0 Å². The minimum atomic E-state index is -0.304. The lowest BCUT2D eigenvalue weighted by Crippen LogP contribution is -2.20. The summed E-state index contributed by atoms with van der Waals surface area (Å²) in [4.78, 5) is 16.3. The molecule has 4 nitrogen and oxygen atoms in total. The number of benzene rings is 1. The van der Waals surface area contributed by atoms with Crippen molar-refractivity contribution in [2.24, 2.45) is 0 Å². The van der Waals surface area contributed by atoms with Gasteiger partial charge in [-0.15, -0.1) is 0 Å². The number of nitrogens with zero attached hydrogens (tertiary/aromatic N) is 2. The Balaban J connectivity index is 2.02. The first-order valence-electron chi connectivity index (χ1n) is 8.39. The van der Waals surface area contributed by atoms with E-state index in [0.717, 1.165) is 22.1 Å². The number of hydrogen-bond donors (Lipinski definition) is 0. The number of pyridine rings is 2. The smallest absolute Gasteiger partial charge is 0.250 e. The van der Waals surface area contributed by atoms with Crippen LogP contribution in [0.3, 0.4) is 0 Å². The predicted octanol–water partition coefficient (Wildman–Crippen LogP) is 5.04. The summed E-state index contributed by atoms with van der Waals surface area (Å²) >= 11 is 0. The SMILES string of the molecule is CC(C)n1cc(-c2c(-c3ccc(F)cc3)oc3ccncc23)ccc1=O. The molecule has 4 rings (SSSR count). The Kier molecular flexibility index (Phi) is 3.92. The summed E-state index contributed by atoms with van der Waals surface area (Å²) < 4.78 is 21.1. The maximum Gasteiger partial charge on any atom is 0.250 e. The van der Waals surface area contributed by atoms with E-state index in [0.29, 0.717) is 11.3 Å². The van der Waals surface area contributed by atoms with Crippen LogP contribution in [0.5, 0.6) is 0 Å². The average molecular weight is 348 g/mol. The molecule has 0 saturated heterocycles. The molecule has 0 aliphatic carbocycles. The van der Waals surface area contributed by atoms with E-state index in [4.69, 9.17) is 4.42 Å². The molecule has 26 heavy (non-hydrogen) atoms. The number of rotatable bonds is 3. The monoisotopic (exact) mass is 348 g/mol. The quantitative estimate of drug-likeness (QED) is 0.521. The van der Waals surface area contributed by atoms with Crippen molar-refractivity contribution in [2.45, 2.75) is 19.9 Å². The van der Waals surface area contributed by atoms with Crippen LogP contribution in [0.25, 0.3) is 33.4 Å². The highest BCUT2D eigenvalue weighted by atomic mass is 19.1. The summed E-state index contributed by atoms with van der Waals surface area (Å²) in [6.45, 7) is 3.92. The Bertz CT molecular complexity index is 1140. The second-order valence-electron chi connectivity index (χ2n) is 6.44. The van der Waals surface area contributed by atoms with Crippen molar-refractivity contribution < 1.29 is 8.81 Å². The van der Waals surface area contributed by atoms with Gasteiger partial charge >= 0.3 is 0 Å². The normalized spacial score (nSPS) is 11.4. The lowest BCUT2D eigenvalue weighted by atomic mass is 10.0. The van der Waals surface area contributed by atoms with E-state index in [-0.39, 0.29) is 17.4 Å². The fourth-order valence-electron chi connectivity index (χ4n) is 3.09. The van der Waals surface area contributed by atoms with Crippen LogP contribution in [0, 0.1) is 5.82 Å². The molecule has 0 unspecified atom stereocenters. The predicted molar refractivity (Wildman–Crippen MR) is 99.5 cm³/mol. The van der Waals surface area contributed by atoms with Crippen LogP contribution in [0.4, 0.5) is 4.39 Å². The van der Waals surface area contributed by atoms with E-state index in [1.165, 1.54) is 12.1 Å². The lowest BCUT2D eigenvalue weighted by molar-refractivity contribution is 0.579. The molecular formula is C21H17FN2O2. The van der Waals surface area contributed by atoms with Crippen molar-refractivity contribution in [1.82, 2.24) is 9.55 Å². The molecule has 0 atom stereocenters. The standard InChI is InChI=1S/C21H17FN2O2/c1-13(2)24-12-15(5-8-19(24)25)20-17-11-23-10-9-18(17)26-21(20)14-3-6-16(22)7-4-14/h3-13H,1-2H3. The molecule has 0 aliphatic rings. The lowest BCUT2D eigenvalue weighted by Gasteiger charge is -2.12. The number of aromatic nitrogens is 2. The van der Waals surface area contributed by atoms with Gasteiger partial charge in [0.05, 0.1) is 0 Å². The first kappa shape index (κ1) is 16.3. The Morgan fingerprint density at radius 1 is 1.04 bits per heavy atom. The molecule has 0 N–H and O–H groups in total. The van der Waals surface area contributed by atoms with Gasteiger partial charge in [0.15, 0.2) is 0 Å². The molecule has 0 saturated carbocycles. The third-order valence-electron chi connectivity index (χ3n) is 4.38. The number of fused-ring (bicyclic) bond motifs is 1. The fraction of sp³-hybridized carbons (Fsp3) is 0.143. The summed E-state index contributed by atoms with van der Waals surface area (Å²) in [5, 5.41) is 0.848. The summed E-state index contributed by atoms with van der Waals surface area (Å²) in [6, 6.07) is 11.3. The van der Waals surface area contributed by atoms with E-state index in [1.54, 1.807) is 47.3 Å². The van der Waals surface area contributed by atoms with Crippen molar-refractivity contribution in [2.75, 3.05) is 0 Å². The molecule has 130 valence electrons. The number of halogens is 1. The maximum absolute atomic E-state index is 13.3. The third kappa shape index (κ3) is 2.71. The van der Waals surface area contributed by atoms with Crippen LogP contribution in [0.15, 0.2) is 70.3 Å². The molecule has 0 bridgehead atoms. The van der Waals surface area contributed by atoms with Crippen molar-refractivity contribution in [3.05, 3.63) is 77.2 Å². The Morgan fingerprint density at radius 2 is 1.77 bits per heavy atom. The molecule has 0 fully saturated rings. The van der Waals surface area contributed by atoms with Gasteiger partial charge in [0.1, 0.15) is 17.2 Å². The molecule has 3 heterocycles. The summed E-state index contributed by atoms with van der Waals surface area (Å²) in [7, 11) is 0. The minimum Gasteiger partial charge on any atom is -0.455 e. The molecular weight excluding hydrogens is 331 g/mol. The highest BCUT2D eigenvalue weighted by Crippen LogP contribution is 2.40. The maximum atomic E-state index is 13.3. The average Bonchev–Trinajstić information content (AvgIpc) is 3.02. The third-order valence-corrected chi connectivity index (χ3v) is 4.38. The molecule has 4 aromatic rings. The molecule has 0 radical (unpaired) electrons. The first-order chi connectivity index (χ1) is 12.5. The zero-order chi connectivity index (χ0) is 18.3. The van der Waals surface area contributed by atoms with Crippen LogP contribution in [0.2, 0.25) is 0 Å². The van der Waals surface area contributed by atoms with Crippen LogP contribution in [0.1, 0.15) is 19.9 Å². The van der Waals surface area contributed by atoms with Crippen molar-refractivity contribution >= 4 is 11.0 Å². The second-order valence-corrected chi connectivity index (χ2v) is 6.44. The summed E-state index contributed by atoms with van der Waals surface area (Å²) in [6.07, 6.45) is 5.24. The molecule has 0 spiro atoms. The molecule has 3 aromatic heterocycles. The number of furan rings is 1. The van der Waals surface area contributed by atoms with Gasteiger partial charge in [-0.25, -0.2) is 4.39 Å². The molecule has 5 heteroatoms. The minimum absolute atomic E-state index is 0.0352. The van der Waals surface area contributed by atoms with E-state index in [1.807, 2.05) is 20.0 Å². The first-order valence-corrected chi connectivity index (χ1v) is 8.39. The van der Waals surface area contributed by atoms with E-state index < -0.39 is 0 Å². The van der Waals surface area contributed by atoms with Gasteiger partial charge in [-0.05, 0) is 50.2 Å². The molecule has 1 aromatic carbocycles. The van der Waals surface area contributed by atoms with Gasteiger partial charge in [0, 0.05) is 52.8 Å². The fourth-order valence-corrected chi connectivity index (χ4v) is 3.09. The summed E-state index contributed by atoms with van der Waals surface area (Å²) in [5.41, 5.74) is 3.09. The van der Waals surface area contributed by atoms with Gasteiger partial charge in [0.25, 0.3) is 5.56 Å². The Labute approximate surface area is 149 Å². The molecule has 0 aliphatic heterocycles. The van der Waals surface area contributed by atoms with Crippen molar-refractivity contribution in [3.63, 3.8) is 0 Å². The second kappa shape index (κ2) is 6.26. The molecule has 0 amide bonds. The van der Waals surface area contributed by atoms with Crippen LogP contribution in [-0.2, 0) is 0 Å². The van der Waals surface area contributed by atoms with Crippen molar-refractivity contribution in [3.8, 4) is 22.5 Å². The van der Waals surface area contributed by atoms with E-state index in [9.17, 15) is 9.18 Å². The van der Waals surface area contributed by atoms with Gasteiger partial charge < -0.3 is 8.98 Å². The van der Waals surface area contributed by atoms with Crippen LogP contribution >= 0.6 is 0 Å². The zero-order valence-corrected chi connectivity index (χ0v) is 14.4. The van der Waals surface area contributed by atoms with Gasteiger partial charge in [-0.3, -0.25) is 9.78 Å². The highest BCUT2D eigenvalue weighted by molar-refractivity contribution is 6.01. The van der Waals surface area contributed by atoms with Crippen LogP contribution in [-0.4, -0.2) is 9.55 Å². The Morgan fingerprint density at radius 3 is 2.50 bits per heavy atom. The summed E-state index contributed by atoms with van der Waals surface area (Å²) in [5.74, 6) is 0.323. The van der Waals surface area contributed by atoms with Gasteiger partial charge in [-0.2, -0.15) is 0 Å². The topological polar surface area (TPSA) is 48.0 Å². The highest BCUT2D eigenvalue weighted by Gasteiger charge is 2.19. The van der Waals surface area contributed by atoms with Crippen molar-refractivity contribution in [1.29, 1.82) is 0 Å². The zero-order valence-electron chi connectivity index (χ0n) is 14.4. The Hall–Kier alpha value is -3.21.